The van der Waals surface area contributed by atoms with Gasteiger partial charge in [-0.25, -0.2) is 4.79 Å². The Morgan fingerprint density at radius 2 is 2.09 bits per heavy atom. The van der Waals surface area contributed by atoms with E-state index in [1.807, 2.05) is 22.9 Å². The van der Waals surface area contributed by atoms with Gasteiger partial charge in [-0.05, 0) is 46.2 Å². The summed E-state index contributed by atoms with van der Waals surface area (Å²) in [4.78, 5) is 11.8. The minimum absolute atomic E-state index is 0.215. The third-order valence-electron chi connectivity index (χ3n) is 4.06. The summed E-state index contributed by atoms with van der Waals surface area (Å²) in [6.07, 6.45) is 0.483. The lowest BCUT2D eigenvalue weighted by Crippen LogP contribution is -2.38. The van der Waals surface area contributed by atoms with Gasteiger partial charge in [-0.1, -0.05) is 30.3 Å². The summed E-state index contributed by atoms with van der Waals surface area (Å²) < 4.78 is 0. The van der Waals surface area contributed by atoms with E-state index < -0.39 is 6.10 Å². The highest BCUT2D eigenvalue weighted by Crippen LogP contribution is 2.46. The molecule has 3 rings (SSSR count). The summed E-state index contributed by atoms with van der Waals surface area (Å²) in [5, 5.41) is 19.3. The number of thiophene rings is 1. The zero-order chi connectivity index (χ0) is 15.4. The molecule has 5 heteroatoms. The van der Waals surface area contributed by atoms with Crippen molar-refractivity contribution in [3.63, 3.8) is 0 Å². The number of urea groups is 1. The topological polar surface area (TPSA) is 61.4 Å². The Balaban J connectivity index is 1.35. The Bertz CT molecular complexity index is 600. The van der Waals surface area contributed by atoms with Crippen LogP contribution in [0.25, 0.3) is 0 Å². The van der Waals surface area contributed by atoms with Gasteiger partial charge < -0.3 is 15.7 Å². The number of carbonyl (C=O) groups is 1. The summed E-state index contributed by atoms with van der Waals surface area (Å²) in [5.74, 6) is 1.09. The first-order chi connectivity index (χ1) is 10.7. The standard InChI is InChI=1S/C17H20N2O2S/c20-16(13-6-7-22-11-13)10-19-17(21)18-9-14-8-15(14)12-4-2-1-3-5-12/h1-7,11,14-16,20H,8-10H2,(H2,18,19,21). The number of benzene rings is 1. The Morgan fingerprint density at radius 1 is 1.27 bits per heavy atom. The van der Waals surface area contributed by atoms with Crippen molar-refractivity contribution < 1.29 is 9.90 Å². The van der Waals surface area contributed by atoms with E-state index in [1.54, 1.807) is 0 Å². The molecule has 1 aromatic heterocycles. The second-order valence-corrected chi connectivity index (χ2v) is 6.46. The number of hydrogen-bond acceptors (Lipinski definition) is 3. The quantitative estimate of drug-likeness (QED) is 0.767. The van der Waals surface area contributed by atoms with E-state index in [1.165, 1.54) is 16.9 Å². The maximum absolute atomic E-state index is 11.8. The van der Waals surface area contributed by atoms with Crippen LogP contribution in [-0.4, -0.2) is 24.2 Å². The molecular weight excluding hydrogens is 296 g/mol. The second kappa shape index (κ2) is 6.94. The lowest BCUT2D eigenvalue weighted by Gasteiger charge is -2.11. The monoisotopic (exact) mass is 316 g/mol. The molecular formula is C17H20N2O2S. The second-order valence-electron chi connectivity index (χ2n) is 5.68. The maximum Gasteiger partial charge on any atom is 0.314 e. The van der Waals surface area contributed by atoms with Crippen molar-refractivity contribution in [1.82, 2.24) is 10.6 Å². The first kappa shape index (κ1) is 15.1. The van der Waals surface area contributed by atoms with E-state index >= 15 is 0 Å². The van der Waals surface area contributed by atoms with Crippen molar-refractivity contribution >= 4 is 17.4 Å². The van der Waals surface area contributed by atoms with Crippen molar-refractivity contribution in [3.05, 3.63) is 58.3 Å². The van der Waals surface area contributed by atoms with E-state index in [2.05, 4.69) is 34.9 Å². The molecule has 0 spiro atoms. The van der Waals surface area contributed by atoms with Gasteiger partial charge in [0.25, 0.3) is 0 Å². The predicted molar refractivity (Wildman–Crippen MR) is 88.0 cm³/mol. The Hall–Kier alpha value is -1.85. The van der Waals surface area contributed by atoms with Crippen molar-refractivity contribution in [3.8, 4) is 0 Å². The highest BCUT2D eigenvalue weighted by molar-refractivity contribution is 7.07. The van der Waals surface area contributed by atoms with Crippen molar-refractivity contribution in [2.45, 2.75) is 18.4 Å². The molecule has 0 radical (unpaired) electrons. The number of aliphatic hydroxyl groups is 1. The van der Waals surface area contributed by atoms with Gasteiger partial charge in [-0.2, -0.15) is 11.3 Å². The van der Waals surface area contributed by atoms with Crippen LogP contribution >= 0.6 is 11.3 Å². The van der Waals surface area contributed by atoms with E-state index in [4.69, 9.17) is 0 Å². The third kappa shape index (κ3) is 3.87. The first-order valence-corrected chi connectivity index (χ1v) is 8.45. The van der Waals surface area contributed by atoms with Crippen LogP contribution in [0, 0.1) is 5.92 Å². The van der Waals surface area contributed by atoms with Gasteiger partial charge in [0.2, 0.25) is 0 Å². The van der Waals surface area contributed by atoms with Crippen LogP contribution in [0.2, 0.25) is 0 Å². The summed E-state index contributed by atoms with van der Waals surface area (Å²) in [6.45, 7) is 0.912. The largest absolute Gasteiger partial charge is 0.387 e. The smallest absolute Gasteiger partial charge is 0.314 e. The van der Waals surface area contributed by atoms with Gasteiger partial charge in [0.05, 0.1) is 6.10 Å². The number of nitrogens with one attached hydrogen (secondary N) is 2. The number of aliphatic hydroxyl groups excluding tert-OH is 1. The Labute approximate surface area is 134 Å². The number of rotatable bonds is 6. The fourth-order valence-corrected chi connectivity index (χ4v) is 3.35. The summed E-state index contributed by atoms with van der Waals surface area (Å²) in [6, 6.07) is 12.1. The minimum atomic E-state index is -0.644. The maximum atomic E-state index is 11.8. The van der Waals surface area contributed by atoms with Crippen molar-refractivity contribution in [1.29, 1.82) is 0 Å². The molecule has 1 aromatic carbocycles. The summed E-state index contributed by atoms with van der Waals surface area (Å²) in [7, 11) is 0. The van der Waals surface area contributed by atoms with Crippen LogP contribution in [0.1, 0.15) is 29.6 Å². The van der Waals surface area contributed by atoms with Gasteiger partial charge >= 0.3 is 6.03 Å². The van der Waals surface area contributed by atoms with E-state index in [9.17, 15) is 9.90 Å². The fourth-order valence-electron chi connectivity index (χ4n) is 2.64. The lowest BCUT2D eigenvalue weighted by atomic mass is 10.1. The lowest BCUT2D eigenvalue weighted by molar-refractivity contribution is 0.173. The molecule has 0 saturated heterocycles. The Kier molecular flexibility index (Phi) is 4.75. The molecule has 3 atom stereocenters. The molecule has 1 aliphatic carbocycles. The molecule has 22 heavy (non-hydrogen) atoms. The number of amides is 2. The van der Waals surface area contributed by atoms with Crippen LogP contribution in [0.3, 0.4) is 0 Å². The van der Waals surface area contributed by atoms with Gasteiger partial charge in [0.15, 0.2) is 0 Å². The third-order valence-corrected chi connectivity index (χ3v) is 4.76. The average Bonchev–Trinajstić information content (AvgIpc) is 3.12. The molecule has 3 unspecified atom stereocenters. The predicted octanol–water partition coefficient (Wildman–Crippen LogP) is 2.88. The zero-order valence-corrected chi connectivity index (χ0v) is 13.1. The van der Waals surface area contributed by atoms with E-state index in [0.29, 0.717) is 18.4 Å². The molecule has 1 saturated carbocycles. The van der Waals surface area contributed by atoms with Gasteiger partial charge in [-0.3, -0.25) is 0 Å². The molecule has 1 heterocycles. The summed E-state index contributed by atoms with van der Waals surface area (Å²) in [5.41, 5.74) is 2.19. The zero-order valence-electron chi connectivity index (χ0n) is 12.2. The van der Waals surface area contributed by atoms with Gasteiger partial charge in [-0.15, -0.1) is 0 Å². The molecule has 4 nitrogen and oxygen atoms in total. The Morgan fingerprint density at radius 3 is 2.82 bits per heavy atom. The SMILES string of the molecule is O=C(NCC(O)c1ccsc1)NCC1CC1c1ccccc1. The van der Waals surface area contributed by atoms with Gasteiger partial charge in [0, 0.05) is 13.1 Å². The molecule has 1 fully saturated rings. The molecule has 2 aromatic rings. The molecule has 3 N–H and O–H groups in total. The van der Waals surface area contributed by atoms with Crippen LogP contribution < -0.4 is 10.6 Å². The fraction of sp³-hybridized carbons (Fsp3) is 0.353. The van der Waals surface area contributed by atoms with Crippen molar-refractivity contribution in [2.24, 2.45) is 5.92 Å². The highest BCUT2D eigenvalue weighted by atomic mass is 32.1. The molecule has 1 aliphatic rings. The normalized spacial score (nSPS) is 21.1. The minimum Gasteiger partial charge on any atom is -0.387 e. The van der Waals surface area contributed by atoms with Crippen LogP contribution in [0.5, 0.6) is 0 Å². The first-order valence-electron chi connectivity index (χ1n) is 7.51. The number of hydrogen-bond donors (Lipinski definition) is 3. The molecule has 0 bridgehead atoms. The highest BCUT2D eigenvalue weighted by Gasteiger charge is 2.37. The van der Waals surface area contributed by atoms with E-state index in [0.717, 1.165) is 12.0 Å². The van der Waals surface area contributed by atoms with Crippen LogP contribution in [-0.2, 0) is 0 Å². The average molecular weight is 316 g/mol. The van der Waals surface area contributed by atoms with E-state index in [-0.39, 0.29) is 12.6 Å². The molecule has 2 amide bonds. The van der Waals surface area contributed by atoms with Crippen LogP contribution in [0.15, 0.2) is 47.2 Å². The molecule has 116 valence electrons. The van der Waals surface area contributed by atoms with Gasteiger partial charge in [0.1, 0.15) is 0 Å². The number of carbonyl (C=O) groups excluding carboxylic acids is 1. The summed E-state index contributed by atoms with van der Waals surface area (Å²) >= 11 is 1.53. The van der Waals surface area contributed by atoms with Crippen molar-refractivity contribution in [2.75, 3.05) is 13.1 Å². The van der Waals surface area contributed by atoms with Crippen LogP contribution in [0.4, 0.5) is 4.79 Å². The molecule has 0 aliphatic heterocycles.